The molecule has 2 aromatic heterocycles. The number of fused-ring (bicyclic) bond motifs is 2. The Balaban J connectivity index is 1.50. The highest BCUT2D eigenvalue weighted by Gasteiger charge is 2.18. The third-order valence-electron chi connectivity index (χ3n) is 5.52. The van der Waals surface area contributed by atoms with Crippen LogP contribution < -0.4 is 9.47 Å². The number of nitriles is 1. The van der Waals surface area contributed by atoms with Gasteiger partial charge in [0.15, 0.2) is 11.5 Å². The molecule has 0 radical (unpaired) electrons. The van der Waals surface area contributed by atoms with Crippen LogP contribution in [0.1, 0.15) is 10.6 Å². The number of para-hydroxylation sites is 2. The molecule has 0 aliphatic carbocycles. The third-order valence-corrected chi connectivity index (χ3v) is 6.59. The minimum atomic E-state index is 0.493. The Morgan fingerprint density at radius 2 is 1.76 bits per heavy atom. The second-order valence-electron chi connectivity index (χ2n) is 7.73. The molecule has 0 unspecified atom stereocenters. The summed E-state index contributed by atoms with van der Waals surface area (Å²) in [5, 5.41) is 15.6. The minimum Gasteiger partial charge on any atom is -0.486 e. The average molecular weight is 463 g/mol. The molecule has 0 saturated heterocycles. The van der Waals surface area contributed by atoms with E-state index in [-0.39, 0.29) is 0 Å². The van der Waals surface area contributed by atoms with E-state index in [1.807, 2.05) is 89.8 Å². The van der Waals surface area contributed by atoms with E-state index in [4.69, 9.17) is 14.6 Å². The molecule has 3 aromatic carbocycles. The topological polar surface area (TPSA) is 73.0 Å². The Hall–Kier alpha value is -4.41. The summed E-state index contributed by atoms with van der Waals surface area (Å²) < 4.78 is 14.3. The molecular weight excluding hydrogens is 444 g/mol. The molecule has 0 saturated carbocycles. The molecule has 6 nitrogen and oxygen atoms in total. The molecule has 3 heterocycles. The Morgan fingerprint density at radius 1 is 0.971 bits per heavy atom. The van der Waals surface area contributed by atoms with Crippen molar-refractivity contribution in [1.82, 2.24) is 14.8 Å². The van der Waals surface area contributed by atoms with Crippen LogP contribution in [0.2, 0.25) is 0 Å². The van der Waals surface area contributed by atoms with Crippen molar-refractivity contribution >= 4 is 33.2 Å². The third kappa shape index (κ3) is 3.70. The predicted octanol–water partition coefficient (Wildman–Crippen LogP) is 5.98. The van der Waals surface area contributed by atoms with Crippen molar-refractivity contribution in [2.24, 2.45) is 0 Å². The Labute approximate surface area is 200 Å². The summed E-state index contributed by atoms with van der Waals surface area (Å²) in [5.41, 5.74) is 4.75. The van der Waals surface area contributed by atoms with Crippen LogP contribution in [0.5, 0.6) is 11.5 Å². The van der Waals surface area contributed by atoms with Gasteiger partial charge < -0.3 is 9.47 Å². The number of benzene rings is 3. The summed E-state index contributed by atoms with van der Waals surface area (Å²) in [4.78, 5) is 4.67. The SMILES string of the molecule is N#CC(=Cc1cn(-c2ccccc2)nc1-c1ccc2c(c1)OCCO2)c1nc2ccccc2s1. The van der Waals surface area contributed by atoms with Crippen LogP contribution in [-0.2, 0) is 0 Å². The Morgan fingerprint density at radius 3 is 2.59 bits per heavy atom. The first-order chi connectivity index (χ1) is 16.8. The molecular formula is C27H18N4O2S. The second-order valence-corrected chi connectivity index (χ2v) is 8.76. The number of aromatic nitrogens is 3. The summed E-state index contributed by atoms with van der Waals surface area (Å²) in [6, 6.07) is 25.9. The van der Waals surface area contributed by atoms with E-state index in [0.29, 0.717) is 29.5 Å². The van der Waals surface area contributed by atoms with Crippen molar-refractivity contribution in [1.29, 1.82) is 5.26 Å². The Kier molecular flexibility index (Phi) is 5.06. The predicted molar refractivity (Wildman–Crippen MR) is 133 cm³/mol. The van der Waals surface area contributed by atoms with Gasteiger partial charge in [-0.05, 0) is 48.5 Å². The highest BCUT2D eigenvalue weighted by molar-refractivity contribution is 7.19. The number of allylic oxidation sites excluding steroid dienone is 1. The van der Waals surface area contributed by atoms with Gasteiger partial charge in [-0.3, -0.25) is 0 Å². The number of ether oxygens (including phenoxy) is 2. The van der Waals surface area contributed by atoms with Crippen LogP contribution in [-0.4, -0.2) is 28.0 Å². The van der Waals surface area contributed by atoms with E-state index in [0.717, 1.165) is 38.5 Å². The summed E-state index contributed by atoms with van der Waals surface area (Å²) in [6.45, 7) is 1.05. The summed E-state index contributed by atoms with van der Waals surface area (Å²) in [6.07, 6.45) is 3.79. The minimum absolute atomic E-state index is 0.493. The zero-order valence-corrected chi connectivity index (χ0v) is 18.8. The van der Waals surface area contributed by atoms with Gasteiger partial charge in [0, 0.05) is 17.3 Å². The molecule has 0 N–H and O–H groups in total. The fraction of sp³-hybridized carbons (Fsp3) is 0.0741. The number of hydrogen-bond donors (Lipinski definition) is 0. The van der Waals surface area contributed by atoms with Crippen LogP contribution >= 0.6 is 11.3 Å². The van der Waals surface area contributed by atoms with Gasteiger partial charge in [-0.2, -0.15) is 10.4 Å². The lowest BCUT2D eigenvalue weighted by Gasteiger charge is -2.18. The van der Waals surface area contributed by atoms with Gasteiger partial charge in [0.2, 0.25) is 0 Å². The molecule has 34 heavy (non-hydrogen) atoms. The maximum absolute atomic E-state index is 9.99. The maximum atomic E-state index is 9.99. The summed E-state index contributed by atoms with van der Waals surface area (Å²) in [7, 11) is 0. The lowest BCUT2D eigenvalue weighted by atomic mass is 10.1. The van der Waals surface area contributed by atoms with Crippen LogP contribution in [0.15, 0.2) is 79.0 Å². The molecule has 1 aliphatic heterocycles. The zero-order chi connectivity index (χ0) is 22.9. The first-order valence-corrected chi connectivity index (χ1v) is 11.6. The summed E-state index contributed by atoms with van der Waals surface area (Å²) in [5.74, 6) is 1.42. The molecule has 164 valence electrons. The van der Waals surface area contributed by atoms with E-state index < -0.39 is 0 Å². The van der Waals surface area contributed by atoms with E-state index in [9.17, 15) is 5.26 Å². The highest BCUT2D eigenvalue weighted by Crippen LogP contribution is 2.36. The zero-order valence-electron chi connectivity index (χ0n) is 18.0. The molecule has 1 aliphatic rings. The van der Waals surface area contributed by atoms with E-state index in [1.165, 1.54) is 11.3 Å². The van der Waals surface area contributed by atoms with Crippen molar-refractivity contribution < 1.29 is 9.47 Å². The van der Waals surface area contributed by atoms with Crippen molar-refractivity contribution in [2.75, 3.05) is 13.2 Å². The molecule has 6 rings (SSSR count). The van der Waals surface area contributed by atoms with E-state index >= 15 is 0 Å². The molecule has 5 aromatic rings. The smallest absolute Gasteiger partial charge is 0.162 e. The first-order valence-electron chi connectivity index (χ1n) is 10.8. The van der Waals surface area contributed by atoms with Gasteiger partial charge in [0.25, 0.3) is 0 Å². The van der Waals surface area contributed by atoms with Crippen LogP contribution in [0, 0.1) is 11.3 Å². The summed E-state index contributed by atoms with van der Waals surface area (Å²) >= 11 is 1.51. The number of hydrogen-bond acceptors (Lipinski definition) is 6. The number of thiazole rings is 1. The number of rotatable bonds is 4. The largest absolute Gasteiger partial charge is 0.486 e. The quantitative estimate of drug-likeness (QED) is 0.307. The normalized spacial score (nSPS) is 13.1. The van der Waals surface area contributed by atoms with Gasteiger partial charge in [0.1, 0.15) is 30.0 Å². The van der Waals surface area contributed by atoms with Gasteiger partial charge in [0.05, 0.1) is 21.5 Å². The Bertz CT molecular complexity index is 1540. The molecule has 0 atom stereocenters. The van der Waals surface area contributed by atoms with Gasteiger partial charge in [-0.1, -0.05) is 30.3 Å². The molecule has 0 amide bonds. The standard InChI is InChI=1S/C27H18N4O2S/c28-16-19(27-29-22-8-4-5-9-25(22)34-27)14-20-17-31(21-6-2-1-3-7-21)30-26(20)18-10-11-23-24(15-18)33-13-12-32-23/h1-11,14-15,17H,12-13H2. The molecule has 0 bridgehead atoms. The highest BCUT2D eigenvalue weighted by atomic mass is 32.1. The van der Waals surface area contributed by atoms with Crippen molar-refractivity contribution in [3.8, 4) is 34.5 Å². The fourth-order valence-electron chi connectivity index (χ4n) is 3.91. The lowest BCUT2D eigenvalue weighted by molar-refractivity contribution is 0.171. The second kappa shape index (κ2) is 8.50. The van der Waals surface area contributed by atoms with Gasteiger partial charge in [-0.25, -0.2) is 9.67 Å². The molecule has 7 heteroatoms. The van der Waals surface area contributed by atoms with Gasteiger partial charge >= 0.3 is 0 Å². The monoisotopic (exact) mass is 462 g/mol. The van der Waals surface area contributed by atoms with Crippen molar-refractivity contribution in [3.05, 3.63) is 89.6 Å². The van der Waals surface area contributed by atoms with Crippen molar-refractivity contribution in [3.63, 3.8) is 0 Å². The average Bonchev–Trinajstić information content (AvgIpc) is 3.52. The fourth-order valence-corrected chi connectivity index (χ4v) is 4.84. The molecule has 0 spiro atoms. The van der Waals surface area contributed by atoms with E-state index in [1.54, 1.807) is 0 Å². The van der Waals surface area contributed by atoms with Crippen molar-refractivity contribution in [2.45, 2.75) is 0 Å². The van der Waals surface area contributed by atoms with E-state index in [2.05, 4.69) is 11.1 Å². The number of nitrogens with zero attached hydrogens (tertiary/aromatic N) is 4. The first kappa shape index (κ1) is 20.2. The lowest BCUT2D eigenvalue weighted by Crippen LogP contribution is -2.15. The van der Waals surface area contributed by atoms with Gasteiger partial charge in [-0.15, -0.1) is 11.3 Å². The molecule has 0 fully saturated rings. The maximum Gasteiger partial charge on any atom is 0.162 e. The van der Waals surface area contributed by atoms with Crippen LogP contribution in [0.3, 0.4) is 0 Å². The van der Waals surface area contributed by atoms with Crippen LogP contribution in [0.25, 0.3) is 38.8 Å². The van der Waals surface area contributed by atoms with Crippen LogP contribution in [0.4, 0.5) is 0 Å².